The smallest absolute Gasteiger partial charge is 0.0365 e. The van der Waals surface area contributed by atoms with Gasteiger partial charge in [-0.05, 0) is 11.1 Å². The van der Waals surface area contributed by atoms with Crippen LogP contribution in [0.1, 0.15) is 25.0 Å². The van der Waals surface area contributed by atoms with E-state index in [2.05, 4.69) is 135 Å². The van der Waals surface area contributed by atoms with Crippen LogP contribution in [0.3, 0.4) is 0 Å². The lowest BCUT2D eigenvalue weighted by Crippen LogP contribution is -2.39. The molecule has 0 spiro atoms. The summed E-state index contributed by atoms with van der Waals surface area (Å²) in [4.78, 5) is 0. The van der Waals surface area contributed by atoms with Crippen molar-refractivity contribution >= 4 is 11.8 Å². The lowest BCUT2D eigenvalue weighted by atomic mass is 9.76. The van der Waals surface area contributed by atoms with Crippen molar-refractivity contribution in [3.8, 4) is 0 Å². The van der Waals surface area contributed by atoms with Crippen molar-refractivity contribution in [2.24, 2.45) is 0 Å². The number of hydrogen-bond acceptors (Lipinski definition) is 1. The van der Waals surface area contributed by atoms with Crippen molar-refractivity contribution in [2.45, 2.75) is 35.2 Å². The maximum absolute atomic E-state index is 2.37. The Morgan fingerprint density at radius 2 is 1.00 bits per heavy atom. The van der Waals surface area contributed by atoms with Gasteiger partial charge in [-0.3, -0.25) is 0 Å². The van der Waals surface area contributed by atoms with Crippen molar-refractivity contribution < 1.29 is 0 Å². The Labute approximate surface area is 167 Å². The molecule has 0 radical (unpaired) electrons. The van der Waals surface area contributed by atoms with Gasteiger partial charge >= 0.3 is 0 Å². The van der Waals surface area contributed by atoms with Gasteiger partial charge < -0.3 is 0 Å². The van der Waals surface area contributed by atoms with Crippen molar-refractivity contribution in [2.75, 3.05) is 0 Å². The van der Waals surface area contributed by atoms with Gasteiger partial charge in [-0.1, -0.05) is 123 Å². The molecular formula is C26H26S. The minimum atomic E-state index is -0.00667. The molecule has 2 aromatic carbocycles. The Kier molecular flexibility index (Phi) is 4.97. The Balaban J connectivity index is 1.67. The standard InChI is InChI=1S/C26H26S/c1-25(21-13-5-3-6-14-21)19-11-9-17-23(25)27-24-18-10-12-20-26(24,2)22-15-7-4-8-16-22/h3-20,23-24H,1-2H3. The first-order chi connectivity index (χ1) is 13.1. The van der Waals surface area contributed by atoms with Crippen LogP contribution in [0.4, 0.5) is 0 Å². The molecule has 136 valence electrons. The molecule has 1 heteroatoms. The maximum Gasteiger partial charge on any atom is 0.0365 e. The van der Waals surface area contributed by atoms with Crippen LogP contribution in [-0.4, -0.2) is 10.5 Å². The van der Waals surface area contributed by atoms with Gasteiger partial charge in [0.05, 0.1) is 0 Å². The normalized spacial score (nSPS) is 31.9. The minimum Gasteiger partial charge on any atom is -0.144 e. The third-order valence-corrected chi connectivity index (χ3v) is 7.83. The number of thioether (sulfide) groups is 1. The van der Waals surface area contributed by atoms with Gasteiger partial charge in [0.2, 0.25) is 0 Å². The SMILES string of the molecule is CC1(c2ccccc2)C=CC=CC1SC1C=CC=CC1(C)c1ccccc1. The lowest BCUT2D eigenvalue weighted by Gasteiger charge is -2.42. The molecular weight excluding hydrogens is 344 g/mol. The highest BCUT2D eigenvalue weighted by atomic mass is 32.2. The molecule has 0 saturated carbocycles. The fraction of sp³-hybridized carbons (Fsp3) is 0.231. The molecule has 0 saturated heterocycles. The van der Waals surface area contributed by atoms with Crippen LogP contribution < -0.4 is 0 Å². The van der Waals surface area contributed by atoms with Crippen LogP contribution >= 0.6 is 11.8 Å². The number of rotatable bonds is 4. The van der Waals surface area contributed by atoms with Crippen LogP contribution in [0.25, 0.3) is 0 Å². The van der Waals surface area contributed by atoms with Crippen LogP contribution in [0.2, 0.25) is 0 Å². The summed E-state index contributed by atoms with van der Waals surface area (Å²) in [6.45, 7) is 4.73. The van der Waals surface area contributed by atoms with Gasteiger partial charge in [0.25, 0.3) is 0 Å². The molecule has 2 aliphatic carbocycles. The van der Waals surface area contributed by atoms with E-state index in [1.165, 1.54) is 11.1 Å². The zero-order valence-electron chi connectivity index (χ0n) is 16.0. The van der Waals surface area contributed by atoms with Gasteiger partial charge in [-0.25, -0.2) is 0 Å². The van der Waals surface area contributed by atoms with E-state index in [0.29, 0.717) is 10.5 Å². The molecule has 4 atom stereocenters. The highest BCUT2D eigenvalue weighted by Crippen LogP contribution is 2.47. The van der Waals surface area contributed by atoms with E-state index in [1.807, 2.05) is 0 Å². The number of hydrogen-bond donors (Lipinski definition) is 0. The van der Waals surface area contributed by atoms with E-state index in [-0.39, 0.29) is 10.8 Å². The predicted molar refractivity (Wildman–Crippen MR) is 119 cm³/mol. The van der Waals surface area contributed by atoms with Crippen molar-refractivity contribution in [1.82, 2.24) is 0 Å². The third kappa shape index (κ3) is 3.37. The van der Waals surface area contributed by atoms with Crippen LogP contribution in [0.15, 0.2) is 109 Å². The maximum atomic E-state index is 2.37. The van der Waals surface area contributed by atoms with Crippen molar-refractivity contribution in [1.29, 1.82) is 0 Å². The molecule has 0 amide bonds. The molecule has 0 N–H and O–H groups in total. The molecule has 4 rings (SSSR count). The molecule has 4 unspecified atom stereocenters. The fourth-order valence-electron chi connectivity index (χ4n) is 4.08. The second kappa shape index (κ2) is 7.40. The van der Waals surface area contributed by atoms with Gasteiger partial charge in [0.15, 0.2) is 0 Å². The first-order valence-corrected chi connectivity index (χ1v) is 10.6. The van der Waals surface area contributed by atoms with Gasteiger partial charge in [0, 0.05) is 21.3 Å². The minimum absolute atomic E-state index is 0.00667. The Hall–Kier alpha value is -2.25. The largest absolute Gasteiger partial charge is 0.144 e. The molecule has 0 aliphatic heterocycles. The molecule has 0 fully saturated rings. The van der Waals surface area contributed by atoms with E-state index < -0.39 is 0 Å². The van der Waals surface area contributed by atoms with Gasteiger partial charge in [-0.2, -0.15) is 0 Å². The Bertz CT molecular complexity index is 815. The summed E-state index contributed by atoms with van der Waals surface area (Å²) in [7, 11) is 0. The highest BCUT2D eigenvalue weighted by molar-refractivity contribution is 8.01. The average molecular weight is 371 g/mol. The summed E-state index contributed by atoms with van der Waals surface area (Å²) in [6, 6.07) is 21.8. The summed E-state index contributed by atoms with van der Waals surface area (Å²) < 4.78 is 0. The zero-order valence-corrected chi connectivity index (χ0v) is 16.8. The predicted octanol–water partition coefficient (Wildman–Crippen LogP) is 6.62. The van der Waals surface area contributed by atoms with E-state index in [1.54, 1.807) is 0 Å². The van der Waals surface area contributed by atoms with Gasteiger partial charge in [-0.15, -0.1) is 11.8 Å². The van der Waals surface area contributed by atoms with Crippen LogP contribution in [-0.2, 0) is 10.8 Å². The summed E-state index contributed by atoms with van der Waals surface area (Å²) in [5.74, 6) is 0. The summed E-state index contributed by atoms with van der Waals surface area (Å²) in [5, 5.41) is 0.767. The quantitative estimate of drug-likeness (QED) is 0.582. The van der Waals surface area contributed by atoms with Crippen LogP contribution in [0.5, 0.6) is 0 Å². The van der Waals surface area contributed by atoms with Crippen molar-refractivity contribution in [3.63, 3.8) is 0 Å². The van der Waals surface area contributed by atoms with E-state index in [4.69, 9.17) is 0 Å². The summed E-state index contributed by atoms with van der Waals surface area (Å²) in [5.41, 5.74) is 2.74. The molecule has 27 heavy (non-hydrogen) atoms. The van der Waals surface area contributed by atoms with Crippen molar-refractivity contribution in [3.05, 3.63) is 120 Å². The van der Waals surface area contributed by atoms with Gasteiger partial charge in [0.1, 0.15) is 0 Å². The summed E-state index contributed by atoms with van der Waals surface area (Å²) >= 11 is 2.07. The van der Waals surface area contributed by atoms with E-state index in [0.717, 1.165) is 0 Å². The first-order valence-electron chi connectivity index (χ1n) is 9.61. The molecule has 0 bridgehead atoms. The van der Waals surface area contributed by atoms with E-state index in [9.17, 15) is 0 Å². The zero-order chi connectivity index (χ0) is 18.7. The monoisotopic (exact) mass is 370 g/mol. The highest BCUT2D eigenvalue weighted by Gasteiger charge is 2.40. The Morgan fingerprint density at radius 3 is 1.41 bits per heavy atom. The molecule has 0 heterocycles. The molecule has 0 aromatic heterocycles. The number of allylic oxidation sites excluding steroid dienone is 6. The Morgan fingerprint density at radius 1 is 0.593 bits per heavy atom. The number of benzene rings is 2. The van der Waals surface area contributed by atoms with Crippen LogP contribution in [0, 0.1) is 0 Å². The lowest BCUT2D eigenvalue weighted by molar-refractivity contribution is 0.588. The molecule has 0 nitrogen and oxygen atoms in total. The average Bonchev–Trinajstić information content (AvgIpc) is 2.73. The second-order valence-electron chi connectivity index (χ2n) is 7.76. The van der Waals surface area contributed by atoms with E-state index >= 15 is 0 Å². The second-order valence-corrected chi connectivity index (χ2v) is 9.05. The third-order valence-electron chi connectivity index (χ3n) is 5.95. The molecule has 2 aliphatic rings. The molecule has 2 aromatic rings. The first kappa shape index (κ1) is 18.1. The summed E-state index contributed by atoms with van der Waals surface area (Å²) in [6.07, 6.45) is 18.2. The topological polar surface area (TPSA) is 0 Å². The fourth-order valence-corrected chi connectivity index (χ4v) is 5.75.